The molecule has 4 nitrogen and oxygen atoms in total. The fourth-order valence-corrected chi connectivity index (χ4v) is 2.38. The van der Waals surface area contributed by atoms with Crippen LogP contribution in [0, 0.1) is 0 Å². The molecule has 0 unspecified atom stereocenters. The lowest BCUT2D eigenvalue weighted by Gasteiger charge is -2.34. The van der Waals surface area contributed by atoms with E-state index < -0.39 is 0 Å². The molecule has 0 spiro atoms. The van der Waals surface area contributed by atoms with Gasteiger partial charge in [-0.15, -0.1) is 0 Å². The average Bonchev–Trinajstić information content (AvgIpc) is 2.43. The van der Waals surface area contributed by atoms with Crippen LogP contribution in [0.25, 0.3) is 0 Å². The number of rotatable bonds is 1. The maximum atomic E-state index is 11.7. The molecule has 1 aliphatic carbocycles. The molecule has 0 aromatic rings. The van der Waals surface area contributed by atoms with Gasteiger partial charge in [0.1, 0.15) is 0 Å². The lowest BCUT2D eigenvalue weighted by atomic mass is 9.90. The molecule has 0 aromatic carbocycles. The Balaban J connectivity index is 2.17. The monoisotopic (exact) mass is 208 g/mol. The summed E-state index contributed by atoms with van der Waals surface area (Å²) in [5.41, 5.74) is 6.49. The highest BCUT2D eigenvalue weighted by molar-refractivity contribution is 6.16. The highest BCUT2D eigenvalue weighted by Crippen LogP contribution is 2.26. The van der Waals surface area contributed by atoms with Gasteiger partial charge in [-0.2, -0.15) is 0 Å². The van der Waals surface area contributed by atoms with Crippen molar-refractivity contribution in [2.24, 2.45) is 5.73 Å². The molecule has 0 bridgehead atoms. The van der Waals surface area contributed by atoms with Crippen LogP contribution in [0.2, 0.25) is 0 Å². The molecule has 4 heteroatoms. The first kappa shape index (κ1) is 10.4. The molecular weight excluding hydrogens is 192 g/mol. The summed E-state index contributed by atoms with van der Waals surface area (Å²) in [5.74, 6) is -0.359. The Morgan fingerprint density at radius 3 is 2.53 bits per heavy atom. The molecule has 2 atom stereocenters. The first-order chi connectivity index (χ1) is 7.11. The zero-order valence-electron chi connectivity index (χ0n) is 8.90. The second kappa shape index (κ2) is 3.77. The van der Waals surface area contributed by atoms with E-state index in [0.717, 1.165) is 25.7 Å². The molecule has 1 fully saturated rings. The van der Waals surface area contributed by atoms with E-state index in [-0.39, 0.29) is 23.9 Å². The van der Waals surface area contributed by atoms with Gasteiger partial charge in [-0.05, 0) is 19.8 Å². The number of carbonyl (C=O) groups excluding carboxylic acids is 2. The zero-order valence-corrected chi connectivity index (χ0v) is 8.90. The predicted octanol–water partition coefficient (Wildman–Crippen LogP) is 0.571. The minimum absolute atomic E-state index is 0.0500. The molecule has 2 aliphatic rings. The number of hydrogen-bond acceptors (Lipinski definition) is 3. The molecule has 15 heavy (non-hydrogen) atoms. The second-order valence-corrected chi connectivity index (χ2v) is 4.36. The van der Waals surface area contributed by atoms with Gasteiger partial charge < -0.3 is 5.73 Å². The van der Waals surface area contributed by atoms with E-state index in [1.807, 2.05) is 0 Å². The molecule has 0 radical (unpaired) electrons. The average molecular weight is 208 g/mol. The van der Waals surface area contributed by atoms with Crippen LogP contribution in [0.15, 0.2) is 11.6 Å². The Hall–Kier alpha value is -1.16. The van der Waals surface area contributed by atoms with Crippen LogP contribution in [-0.4, -0.2) is 28.8 Å². The zero-order chi connectivity index (χ0) is 11.0. The van der Waals surface area contributed by atoms with Crippen molar-refractivity contribution in [1.82, 2.24) is 4.90 Å². The minimum Gasteiger partial charge on any atom is -0.326 e. The third kappa shape index (κ3) is 1.69. The van der Waals surface area contributed by atoms with Crippen molar-refractivity contribution in [3.63, 3.8) is 0 Å². The minimum atomic E-state index is -0.195. The Bertz CT molecular complexity index is 335. The Kier molecular flexibility index (Phi) is 2.61. The summed E-state index contributed by atoms with van der Waals surface area (Å²) < 4.78 is 0. The van der Waals surface area contributed by atoms with Crippen molar-refractivity contribution in [3.05, 3.63) is 11.6 Å². The summed E-state index contributed by atoms with van der Waals surface area (Å²) in [6.07, 6.45) is 5.30. The Morgan fingerprint density at radius 1 is 1.33 bits per heavy atom. The Labute approximate surface area is 89.1 Å². The van der Waals surface area contributed by atoms with Crippen molar-refractivity contribution in [2.75, 3.05) is 0 Å². The first-order valence-electron chi connectivity index (χ1n) is 5.42. The van der Waals surface area contributed by atoms with Gasteiger partial charge in [0.15, 0.2) is 0 Å². The van der Waals surface area contributed by atoms with Crippen LogP contribution in [-0.2, 0) is 9.59 Å². The molecule has 2 amide bonds. The molecule has 1 heterocycles. The largest absolute Gasteiger partial charge is 0.326 e. The standard InChI is InChI=1S/C11H16N2O2/c1-7-6-10(14)13(11(7)15)9-5-3-2-4-8(9)12/h6,8-9H,2-5,12H2,1H3/t8-,9-/m1/s1. The van der Waals surface area contributed by atoms with Crippen LogP contribution in [0.1, 0.15) is 32.6 Å². The Morgan fingerprint density at radius 2 is 2.00 bits per heavy atom. The normalized spacial score (nSPS) is 32.1. The van der Waals surface area contributed by atoms with Gasteiger partial charge in [-0.3, -0.25) is 14.5 Å². The van der Waals surface area contributed by atoms with Crippen LogP contribution >= 0.6 is 0 Å². The van der Waals surface area contributed by atoms with E-state index in [9.17, 15) is 9.59 Å². The van der Waals surface area contributed by atoms with Gasteiger partial charge in [0, 0.05) is 17.7 Å². The van der Waals surface area contributed by atoms with Crippen molar-refractivity contribution >= 4 is 11.8 Å². The van der Waals surface area contributed by atoms with Gasteiger partial charge in [0.25, 0.3) is 11.8 Å². The molecular formula is C11H16N2O2. The van der Waals surface area contributed by atoms with Gasteiger partial charge in [0.05, 0.1) is 6.04 Å². The SMILES string of the molecule is CC1=CC(=O)N([C@@H]2CCCC[C@H]2N)C1=O. The summed E-state index contributed by atoms with van der Waals surface area (Å²) in [4.78, 5) is 24.7. The van der Waals surface area contributed by atoms with Crippen LogP contribution in [0.4, 0.5) is 0 Å². The topological polar surface area (TPSA) is 63.4 Å². The maximum absolute atomic E-state index is 11.7. The summed E-state index contributed by atoms with van der Waals surface area (Å²) in [5, 5.41) is 0. The van der Waals surface area contributed by atoms with E-state index in [1.54, 1.807) is 6.92 Å². The van der Waals surface area contributed by atoms with Gasteiger partial charge >= 0.3 is 0 Å². The number of nitrogens with zero attached hydrogens (tertiary/aromatic N) is 1. The molecule has 0 aromatic heterocycles. The van der Waals surface area contributed by atoms with Crippen LogP contribution in [0.5, 0.6) is 0 Å². The van der Waals surface area contributed by atoms with Gasteiger partial charge in [-0.25, -0.2) is 0 Å². The molecule has 2 N–H and O–H groups in total. The summed E-state index contributed by atoms with van der Waals surface area (Å²) in [7, 11) is 0. The smallest absolute Gasteiger partial charge is 0.256 e. The van der Waals surface area contributed by atoms with E-state index >= 15 is 0 Å². The fourth-order valence-electron chi connectivity index (χ4n) is 2.38. The highest BCUT2D eigenvalue weighted by atomic mass is 16.2. The second-order valence-electron chi connectivity index (χ2n) is 4.36. The van der Waals surface area contributed by atoms with Crippen molar-refractivity contribution in [3.8, 4) is 0 Å². The molecule has 1 saturated carbocycles. The van der Waals surface area contributed by atoms with Crippen LogP contribution < -0.4 is 5.73 Å². The van der Waals surface area contributed by atoms with E-state index in [0.29, 0.717) is 5.57 Å². The number of imide groups is 1. The molecule has 2 rings (SSSR count). The third-order valence-electron chi connectivity index (χ3n) is 3.25. The lowest BCUT2D eigenvalue weighted by Crippen LogP contribution is -2.52. The number of carbonyl (C=O) groups is 2. The predicted molar refractivity (Wildman–Crippen MR) is 55.8 cm³/mol. The van der Waals surface area contributed by atoms with Crippen molar-refractivity contribution in [2.45, 2.75) is 44.7 Å². The van der Waals surface area contributed by atoms with Gasteiger partial charge in [-0.1, -0.05) is 12.8 Å². The third-order valence-corrected chi connectivity index (χ3v) is 3.25. The number of hydrogen-bond donors (Lipinski definition) is 1. The molecule has 1 aliphatic heterocycles. The highest BCUT2D eigenvalue weighted by Gasteiger charge is 2.38. The maximum Gasteiger partial charge on any atom is 0.256 e. The van der Waals surface area contributed by atoms with Crippen molar-refractivity contribution < 1.29 is 9.59 Å². The fraction of sp³-hybridized carbons (Fsp3) is 0.636. The first-order valence-corrected chi connectivity index (χ1v) is 5.42. The summed E-state index contributed by atoms with van der Waals surface area (Å²) >= 11 is 0. The van der Waals surface area contributed by atoms with Crippen molar-refractivity contribution in [1.29, 1.82) is 0 Å². The number of nitrogens with two attached hydrogens (primary N) is 1. The van der Waals surface area contributed by atoms with E-state index in [4.69, 9.17) is 5.73 Å². The number of amides is 2. The van der Waals surface area contributed by atoms with E-state index in [2.05, 4.69) is 0 Å². The van der Waals surface area contributed by atoms with Gasteiger partial charge in [0.2, 0.25) is 0 Å². The van der Waals surface area contributed by atoms with Crippen LogP contribution in [0.3, 0.4) is 0 Å². The summed E-state index contributed by atoms with van der Waals surface area (Å²) in [6, 6.07) is -0.140. The summed E-state index contributed by atoms with van der Waals surface area (Å²) in [6.45, 7) is 1.68. The van der Waals surface area contributed by atoms with E-state index in [1.165, 1.54) is 11.0 Å². The molecule has 0 saturated heterocycles. The molecule has 82 valence electrons. The quantitative estimate of drug-likeness (QED) is 0.641. The lowest BCUT2D eigenvalue weighted by molar-refractivity contribution is -0.141.